The fourth-order valence-electron chi connectivity index (χ4n) is 2.02. The van der Waals surface area contributed by atoms with E-state index in [9.17, 15) is 0 Å². The van der Waals surface area contributed by atoms with Gasteiger partial charge in [0.15, 0.2) is 0 Å². The summed E-state index contributed by atoms with van der Waals surface area (Å²) in [6.07, 6.45) is 2.60. The Labute approximate surface area is 102 Å². The van der Waals surface area contributed by atoms with E-state index in [1.165, 1.54) is 18.4 Å². The van der Waals surface area contributed by atoms with Crippen molar-refractivity contribution in [1.82, 2.24) is 5.32 Å². The van der Waals surface area contributed by atoms with Crippen LogP contribution in [0.5, 0.6) is 5.75 Å². The summed E-state index contributed by atoms with van der Waals surface area (Å²) in [6, 6.07) is 6.66. The third-order valence-electron chi connectivity index (χ3n) is 3.23. The number of hydrogen-bond acceptors (Lipinski definition) is 2. The van der Waals surface area contributed by atoms with E-state index in [1.807, 2.05) is 12.1 Å². The molecular formula is C13H18ClNO. The highest BCUT2D eigenvalue weighted by Gasteiger charge is 2.34. The summed E-state index contributed by atoms with van der Waals surface area (Å²) in [6.45, 7) is 3.14. The van der Waals surface area contributed by atoms with Gasteiger partial charge in [-0.2, -0.15) is 0 Å². The van der Waals surface area contributed by atoms with Crippen molar-refractivity contribution < 1.29 is 4.74 Å². The number of hydrogen-bond donors (Lipinski definition) is 1. The van der Waals surface area contributed by atoms with E-state index < -0.39 is 0 Å². The molecule has 1 N–H and O–H groups in total. The summed E-state index contributed by atoms with van der Waals surface area (Å²) < 4.78 is 5.12. The van der Waals surface area contributed by atoms with Gasteiger partial charge in [-0.25, -0.2) is 0 Å². The van der Waals surface area contributed by atoms with E-state index in [-0.39, 0.29) is 0 Å². The van der Waals surface area contributed by atoms with Gasteiger partial charge in [0.25, 0.3) is 0 Å². The lowest BCUT2D eigenvalue weighted by Crippen LogP contribution is -2.17. The molecule has 0 radical (unpaired) electrons. The first-order valence-electron chi connectivity index (χ1n) is 5.80. The lowest BCUT2D eigenvalue weighted by atomic mass is 10.2. The van der Waals surface area contributed by atoms with Crippen molar-refractivity contribution in [3.63, 3.8) is 0 Å². The average molecular weight is 240 g/mol. The van der Waals surface area contributed by atoms with Gasteiger partial charge >= 0.3 is 0 Å². The number of methoxy groups -OCH3 is 1. The average Bonchev–Trinajstić information content (AvgIpc) is 3.05. The van der Waals surface area contributed by atoms with E-state index in [0.29, 0.717) is 11.1 Å². The number of benzene rings is 1. The van der Waals surface area contributed by atoms with Crippen molar-refractivity contribution in [2.24, 2.45) is 5.92 Å². The van der Waals surface area contributed by atoms with Gasteiger partial charge in [-0.15, -0.1) is 0 Å². The Morgan fingerprint density at radius 3 is 2.88 bits per heavy atom. The highest BCUT2D eigenvalue weighted by molar-refractivity contribution is 6.32. The van der Waals surface area contributed by atoms with Crippen LogP contribution < -0.4 is 10.1 Å². The third kappa shape index (κ3) is 2.69. The predicted octanol–water partition coefficient (Wildman–Crippen LogP) is 3.24. The predicted molar refractivity (Wildman–Crippen MR) is 67.0 cm³/mol. The maximum Gasteiger partial charge on any atom is 0.137 e. The van der Waals surface area contributed by atoms with E-state index in [2.05, 4.69) is 18.3 Å². The summed E-state index contributed by atoms with van der Waals surface area (Å²) in [7, 11) is 1.63. The molecule has 2 rings (SSSR count). The minimum Gasteiger partial charge on any atom is -0.495 e. The van der Waals surface area contributed by atoms with Crippen molar-refractivity contribution in [2.75, 3.05) is 7.11 Å². The molecule has 16 heavy (non-hydrogen) atoms. The van der Waals surface area contributed by atoms with E-state index in [1.54, 1.807) is 7.11 Å². The van der Waals surface area contributed by atoms with Crippen LogP contribution >= 0.6 is 11.6 Å². The first kappa shape index (κ1) is 11.7. The fraction of sp³-hybridized carbons (Fsp3) is 0.538. The van der Waals surface area contributed by atoms with Gasteiger partial charge in [-0.05, 0) is 30.0 Å². The largest absolute Gasteiger partial charge is 0.495 e. The monoisotopic (exact) mass is 239 g/mol. The zero-order valence-electron chi connectivity index (χ0n) is 9.79. The number of rotatable bonds is 5. The number of halogens is 1. The smallest absolute Gasteiger partial charge is 0.137 e. The molecule has 0 amide bonds. The topological polar surface area (TPSA) is 21.3 Å². The van der Waals surface area contributed by atoms with Gasteiger partial charge in [-0.1, -0.05) is 31.0 Å². The molecule has 0 heterocycles. The molecule has 1 aliphatic rings. The quantitative estimate of drug-likeness (QED) is 0.852. The third-order valence-corrected chi connectivity index (χ3v) is 3.53. The van der Waals surface area contributed by atoms with Crippen LogP contribution in [0.15, 0.2) is 18.2 Å². The van der Waals surface area contributed by atoms with Gasteiger partial charge in [0, 0.05) is 12.6 Å². The normalized spacial score (nSPS) is 23.2. The maximum absolute atomic E-state index is 6.06. The Balaban J connectivity index is 1.88. The van der Waals surface area contributed by atoms with Crippen molar-refractivity contribution in [3.05, 3.63) is 28.8 Å². The van der Waals surface area contributed by atoms with Gasteiger partial charge in [0.2, 0.25) is 0 Å². The van der Waals surface area contributed by atoms with Crippen LogP contribution in [0.2, 0.25) is 5.02 Å². The molecule has 3 heteroatoms. The van der Waals surface area contributed by atoms with E-state index in [0.717, 1.165) is 18.2 Å². The molecule has 0 saturated heterocycles. The Hall–Kier alpha value is -0.730. The van der Waals surface area contributed by atoms with Crippen molar-refractivity contribution >= 4 is 11.6 Å². The minimum atomic E-state index is 0.685. The first-order valence-corrected chi connectivity index (χ1v) is 6.18. The minimum absolute atomic E-state index is 0.685. The second kappa shape index (κ2) is 5.07. The van der Waals surface area contributed by atoms with Crippen molar-refractivity contribution in [1.29, 1.82) is 0 Å². The van der Waals surface area contributed by atoms with Gasteiger partial charge < -0.3 is 10.1 Å². The number of ether oxygens (including phenoxy) is 1. The summed E-state index contributed by atoms with van der Waals surface area (Å²) >= 11 is 6.06. The highest BCUT2D eigenvalue weighted by Crippen LogP contribution is 2.33. The molecule has 1 aliphatic carbocycles. The molecule has 88 valence electrons. The van der Waals surface area contributed by atoms with Crippen LogP contribution in [-0.2, 0) is 6.54 Å². The second-order valence-electron chi connectivity index (χ2n) is 4.36. The fourth-order valence-corrected chi connectivity index (χ4v) is 2.30. The van der Waals surface area contributed by atoms with Gasteiger partial charge in [0.05, 0.1) is 12.1 Å². The lowest BCUT2D eigenvalue weighted by Gasteiger charge is -2.07. The molecule has 1 aromatic carbocycles. The van der Waals surface area contributed by atoms with Crippen LogP contribution in [-0.4, -0.2) is 13.2 Å². The Bertz CT molecular complexity index is 367. The van der Waals surface area contributed by atoms with Crippen LogP contribution in [0, 0.1) is 5.92 Å². The van der Waals surface area contributed by atoms with Crippen LogP contribution in [0.3, 0.4) is 0 Å². The summed E-state index contributed by atoms with van der Waals surface area (Å²) in [5, 5.41) is 4.22. The molecule has 1 aromatic rings. The molecule has 0 aromatic heterocycles. The zero-order chi connectivity index (χ0) is 11.5. The summed E-state index contributed by atoms with van der Waals surface area (Å²) in [5.74, 6) is 1.62. The molecule has 2 unspecified atom stereocenters. The lowest BCUT2D eigenvalue weighted by molar-refractivity contribution is 0.415. The van der Waals surface area contributed by atoms with Gasteiger partial charge in [0.1, 0.15) is 5.75 Å². The van der Waals surface area contributed by atoms with Crippen molar-refractivity contribution in [2.45, 2.75) is 32.4 Å². The van der Waals surface area contributed by atoms with E-state index >= 15 is 0 Å². The molecular weight excluding hydrogens is 222 g/mol. The summed E-state index contributed by atoms with van der Waals surface area (Å²) in [5.41, 5.74) is 1.22. The van der Waals surface area contributed by atoms with Gasteiger partial charge in [-0.3, -0.25) is 0 Å². The maximum atomic E-state index is 6.06. The highest BCUT2D eigenvalue weighted by atomic mass is 35.5. The second-order valence-corrected chi connectivity index (χ2v) is 4.77. The van der Waals surface area contributed by atoms with Crippen LogP contribution in [0.25, 0.3) is 0 Å². The van der Waals surface area contributed by atoms with Crippen LogP contribution in [0.1, 0.15) is 25.3 Å². The van der Waals surface area contributed by atoms with E-state index in [4.69, 9.17) is 16.3 Å². The molecule has 2 nitrogen and oxygen atoms in total. The SMILES string of the molecule is CCC1CC1NCc1ccc(OC)c(Cl)c1. The molecule has 2 atom stereocenters. The Morgan fingerprint density at radius 1 is 1.50 bits per heavy atom. The van der Waals surface area contributed by atoms with Crippen molar-refractivity contribution in [3.8, 4) is 5.75 Å². The standard InChI is InChI=1S/C13H18ClNO/c1-3-10-7-12(10)15-8-9-4-5-13(16-2)11(14)6-9/h4-6,10,12,15H,3,7-8H2,1-2H3. The molecule has 0 bridgehead atoms. The molecule has 0 aliphatic heterocycles. The Kier molecular flexibility index (Phi) is 3.72. The van der Waals surface area contributed by atoms with Crippen LogP contribution in [0.4, 0.5) is 0 Å². The molecule has 1 fully saturated rings. The zero-order valence-corrected chi connectivity index (χ0v) is 10.6. The Morgan fingerprint density at radius 2 is 2.31 bits per heavy atom. The number of nitrogens with one attached hydrogen (secondary N) is 1. The first-order chi connectivity index (χ1) is 7.74. The molecule has 0 spiro atoms. The molecule has 1 saturated carbocycles. The summed E-state index contributed by atoms with van der Waals surface area (Å²) in [4.78, 5) is 0.